The Labute approximate surface area is 135 Å². The fourth-order valence-electron chi connectivity index (χ4n) is 2.33. The molecule has 0 bridgehead atoms. The Balaban J connectivity index is 1.97. The molecule has 1 fully saturated rings. The van der Waals surface area contributed by atoms with E-state index in [-0.39, 0.29) is 18.4 Å². The van der Waals surface area contributed by atoms with Crippen LogP contribution in [0.15, 0.2) is 18.2 Å². The molecule has 2 N–H and O–H groups in total. The maximum atomic E-state index is 12.1. The van der Waals surface area contributed by atoms with Gasteiger partial charge in [0.05, 0.1) is 29.9 Å². The molecule has 0 aromatic heterocycles. The molecule has 0 spiro atoms. The summed E-state index contributed by atoms with van der Waals surface area (Å²) in [7, 11) is 0. The van der Waals surface area contributed by atoms with Gasteiger partial charge in [-0.05, 0) is 44.7 Å². The number of nitrogens with zero attached hydrogens (tertiary/aromatic N) is 1. The third-order valence-electron chi connectivity index (χ3n) is 3.72. The quantitative estimate of drug-likeness (QED) is 0.809. The number of amides is 1. The van der Waals surface area contributed by atoms with Crippen molar-refractivity contribution in [2.75, 3.05) is 18.5 Å². The van der Waals surface area contributed by atoms with Crippen LogP contribution in [0.2, 0.25) is 5.02 Å². The minimum absolute atomic E-state index is 0.0599. The van der Waals surface area contributed by atoms with Gasteiger partial charge in [0.2, 0.25) is 5.91 Å². The predicted molar refractivity (Wildman–Crippen MR) is 86.0 cm³/mol. The largest absolute Gasteiger partial charge is 0.490 e. The standard InChI is InChI=1S/C16H20ClN3O2/c1-3-22-15-12(17)5-4-6-13(15)19-9-14(21)20-16(2,10-18)11-7-8-11/h4-6,11,19H,3,7-9H2,1-2H3,(H,20,21)/t16-/m1/s1. The summed E-state index contributed by atoms with van der Waals surface area (Å²) >= 11 is 6.09. The van der Waals surface area contributed by atoms with Gasteiger partial charge in [0.1, 0.15) is 5.54 Å². The average Bonchev–Trinajstić information content (AvgIpc) is 3.33. The zero-order chi connectivity index (χ0) is 16.2. The monoisotopic (exact) mass is 321 g/mol. The number of carbonyl (C=O) groups is 1. The van der Waals surface area contributed by atoms with Crippen LogP contribution in [0.4, 0.5) is 5.69 Å². The summed E-state index contributed by atoms with van der Waals surface area (Å²) in [5.74, 6) is 0.565. The molecule has 1 aliphatic rings. The Bertz CT molecular complexity index is 596. The van der Waals surface area contributed by atoms with E-state index < -0.39 is 5.54 Å². The maximum Gasteiger partial charge on any atom is 0.240 e. The van der Waals surface area contributed by atoms with Crippen LogP contribution in [0.5, 0.6) is 5.75 Å². The first-order chi connectivity index (χ1) is 10.5. The number of para-hydroxylation sites is 1. The van der Waals surface area contributed by atoms with Gasteiger partial charge >= 0.3 is 0 Å². The number of benzene rings is 1. The Hall–Kier alpha value is -1.93. The predicted octanol–water partition coefficient (Wildman–Crippen LogP) is 2.96. The highest BCUT2D eigenvalue weighted by atomic mass is 35.5. The highest BCUT2D eigenvalue weighted by molar-refractivity contribution is 6.32. The summed E-state index contributed by atoms with van der Waals surface area (Å²) in [5.41, 5.74) is -0.120. The second kappa shape index (κ2) is 6.89. The summed E-state index contributed by atoms with van der Waals surface area (Å²) in [6.07, 6.45) is 1.97. The van der Waals surface area contributed by atoms with Crippen molar-refractivity contribution in [3.8, 4) is 11.8 Å². The van der Waals surface area contributed by atoms with Gasteiger partial charge < -0.3 is 15.4 Å². The second-order valence-electron chi connectivity index (χ2n) is 5.54. The van der Waals surface area contributed by atoms with Crippen LogP contribution in [0, 0.1) is 17.2 Å². The summed E-state index contributed by atoms with van der Waals surface area (Å²) in [6, 6.07) is 7.53. The molecule has 2 rings (SSSR count). The molecule has 1 aromatic carbocycles. The number of carbonyl (C=O) groups excluding carboxylic acids is 1. The lowest BCUT2D eigenvalue weighted by Gasteiger charge is -2.23. The van der Waals surface area contributed by atoms with Crippen LogP contribution in [-0.4, -0.2) is 24.6 Å². The minimum atomic E-state index is -0.782. The van der Waals surface area contributed by atoms with E-state index in [4.69, 9.17) is 16.3 Å². The molecule has 0 aliphatic heterocycles. The average molecular weight is 322 g/mol. The van der Waals surface area contributed by atoms with Crippen molar-refractivity contribution >= 4 is 23.2 Å². The smallest absolute Gasteiger partial charge is 0.240 e. The third kappa shape index (κ3) is 3.83. The highest BCUT2D eigenvalue weighted by Crippen LogP contribution is 2.39. The van der Waals surface area contributed by atoms with Gasteiger partial charge in [-0.25, -0.2) is 0 Å². The van der Waals surface area contributed by atoms with Crippen molar-refractivity contribution in [3.63, 3.8) is 0 Å². The summed E-state index contributed by atoms with van der Waals surface area (Å²) in [6.45, 7) is 4.19. The first kappa shape index (κ1) is 16.4. The molecule has 1 aliphatic carbocycles. The third-order valence-corrected chi connectivity index (χ3v) is 4.02. The first-order valence-electron chi connectivity index (χ1n) is 7.37. The molecule has 1 amide bonds. The molecular weight excluding hydrogens is 302 g/mol. The van der Waals surface area contributed by atoms with E-state index in [1.165, 1.54) is 0 Å². The Morgan fingerprint density at radius 2 is 2.27 bits per heavy atom. The van der Waals surface area contributed by atoms with Gasteiger partial charge in [-0.3, -0.25) is 4.79 Å². The Morgan fingerprint density at radius 1 is 1.55 bits per heavy atom. The normalized spacial score (nSPS) is 16.3. The molecule has 118 valence electrons. The molecule has 5 nitrogen and oxygen atoms in total. The number of halogens is 1. The Morgan fingerprint density at radius 3 is 2.86 bits per heavy atom. The lowest BCUT2D eigenvalue weighted by atomic mass is 9.98. The number of rotatable bonds is 7. The van der Waals surface area contributed by atoms with Crippen LogP contribution in [-0.2, 0) is 4.79 Å². The van der Waals surface area contributed by atoms with Crippen molar-refractivity contribution in [3.05, 3.63) is 23.2 Å². The molecule has 0 unspecified atom stereocenters. The van der Waals surface area contributed by atoms with Crippen LogP contribution in [0.1, 0.15) is 26.7 Å². The molecule has 6 heteroatoms. The Kier molecular flexibility index (Phi) is 5.15. The summed E-state index contributed by atoms with van der Waals surface area (Å²) in [5, 5.41) is 15.6. The van der Waals surface area contributed by atoms with Gasteiger partial charge in [0, 0.05) is 0 Å². The van der Waals surface area contributed by atoms with Gasteiger partial charge in [-0.1, -0.05) is 17.7 Å². The van der Waals surface area contributed by atoms with E-state index in [0.717, 1.165) is 12.8 Å². The van der Waals surface area contributed by atoms with Gasteiger partial charge in [0.25, 0.3) is 0 Å². The maximum absolute atomic E-state index is 12.1. The van der Waals surface area contributed by atoms with Crippen molar-refractivity contribution in [2.45, 2.75) is 32.2 Å². The fraction of sp³-hybridized carbons (Fsp3) is 0.500. The summed E-state index contributed by atoms with van der Waals surface area (Å²) in [4.78, 5) is 12.1. The van der Waals surface area contributed by atoms with Gasteiger partial charge in [-0.2, -0.15) is 5.26 Å². The number of hydrogen-bond donors (Lipinski definition) is 2. The zero-order valence-electron chi connectivity index (χ0n) is 12.8. The lowest BCUT2D eigenvalue weighted by Crippen LogP contribution is -2.48. The molecule has 1 atom stereocenters. The van der Waals surface area contributed by atoms with E-state index in [9.17, 15) is 10.1 Å². The molecule has 0 saturated heterocycles. The van der Waals surface area contributed by atoms with Gasteiger partial charge in [-0.15, -0.1) is 0 Å². The number of nitriles is 1. The zero-order valence-corrected chi connectivity index (χ0v) is 13.5. The van der Waals surface area contributed by atoms with E-state index in [1.807, 2.05) is 6.92 Å². The molecule has 1 saturated carbocycles. The fourth-order valence-corrected chi connectivity index (χ4v) is 2.56. The molecule has 22 heavy (non-hydrogen) atoms. The van der Waals surface area contributed by atoms with Crippen LogP contribution in [0.25, 0.3) is 0 Å². The van der Waals surface area contributed by atoms with Crippen LogP contribution >= 0.6 is 11.6 Å². The van der Waals surface area contributed by atoms with Crippen molar-refractivity contribution in [1.29, 1.82) is 5.26 Å². The SMILES string of the molecule is CCOc1c(Cl)cccc1NCC(=O)N[C@](C)(C#N)C1CC1. The number of hydrogen-bond acceptors (Lipinski definition) is 4. The van der Waals surface area contributed by atoms with Crippen LogP contribution < -0.4 is 15.4 Å². The number of anilines is 1. The minimum Gasteiger partial charge on any atom is -0.490 e. The van der Waals surface area contributed by atoms with Crippen molar-refractivity contribution in [1.82, 2.24) is 5.32 Å². The van der Waals surface area contributed by atoms with E-state index in [2.05, 4.69) is 16.7 Å². The van der Waals surface area contributed by atoms with Crippen molar-refractivity contribution in [2.24, 2.45) is 5.92 Å². The lowest BCUT2D eigenvalue weighted by molar-refractivity contribution is -0.120. The van der Waals surface area contributed by atoms with Crippen LogP contribution in [0.3, 0.4) is 0 Å². The first-order valence-corrected chi connectivity index (χ1v) is 7.75. The van der Waals surface area contributed by atoms with E-state index in [1.54, 1.807) is 25.1 Å². The second-order valence-corrected chi connectivity index (χ2v) is 5.95. The van der Waals surface area contributed by atoms with Crippen molar-refractivity contribution < 1.29 is 9.53 Å². The molecule has 0 heterocycles. The molecule has 1 aromatic rings. The van der Waals surface area contributed by atoms with E-state index in [0.29, 0.717) is 23.1 Å². The summed E-state index contributed by atoms with van der Waals surface area (Å²) < 4.78 is 5.49. The molecule has 0 radical (unpaired) electrons. The topological polar surface area (TPSA) is 74.2 Å². The number of nitrogens with one attached hydrogen (secondary N) is 2. The van der Waals surface area contributed by atoms with Gasteiger partial charge in [0.15, 0.2) is 5.75 Å². The number of ether oxygens (including phenoxy) is 1. The highest BCUT2D eigenvalue weighted by Gasteiger charge is 2.42. The molecular formula is C16H20ClN3O2. The van der Waals surface area contributed by atoms with E-state index >= 15 is 0 Å².